The van der Waals surface area contributed by atoms with E-state index in [1.54, 1.807) is 24.3 Å². The predicted molar refractivity (Wildman–Crippen MR) is 140 cm³/mol. The van der Waals surface area contributed by atoms with Crippen LogP contribution in [0.2, 0.25) is 0 Å². The first-order valence-corrected chi connectivity index (χ1v) is 11.5. The molecule has 0 saturated carbocycles. The highest BCUT2D eigenvalue weighted by atomic mass is 32.1. The lowest BCUT2D eigenvalue weighted by atomic mass is 10.0. The van der Waals surface area contributed by atoms with Crippen LogP contribution >= 0.6 is 12.2 Å². The van der Waals surface area contributed by atoms with Crippen molar-refractivity contribution >= 4 is 51.8 Å². The van der Waals surface area contributed by atoms with E-state index in [2.05, 4.69) is 5.32 Å². The molecular formula is C28H22FN3O2S. The van der Waals surface area contributed by atoms with Crippen molar-refractivity contribution in [2.75, 3.05) is 4.90 Å². The summed E-state index contributed by atoms with van der Waals surface area (Å²) in [5.41, 5.74) is 4.63. The molecule has 35 heavy (non-hydrogen) atoms. The molecule has 2 heterocycles. The Balaban J connectivity index is 1.59. The number of aryl methyl sites for hydroxylation is 1. The molecule has 5 nitrogen and oxygen atoms in total. The van der Waals surface area contributed by atoms with Crippen LogP contribution in [0.25, 0.3) is 17.0 Å². The second-order valence-electron chi connectivity index (χ2n) is 8.50. The maximum atomic E-state index is 14.3. The minimum Gasteiger partial charge on any atom is -0.342 e. The van der Waals surface area contributed by atoms with Gasteiger partial charge >= 0.3 is 0 Å². The van der Waals surface area contributed by atoms with Crippen molar-refractivity contribution in [2.24, 2.45) is 0 Å². The lowest BCUT2D eigenvalue weighted by Gasteiger charge is -2.30. The van der Waals surface area contributed by atoms with Crippen molar-refractivity contribution < 1.29 is 14.0 Å². The van der Waals surface area contributed by atoms with Gasteiger partial charge in [-0.15, -0.1) is 0 Å². The van der Waals surface area contributed by atoms with Gasteiger partial charge in [0, 0.05) is 28.2 Å². The number of aromatic nitrogens is 1. The summed E-state index contributed by atoms with van der Waals surface area (Å²) < 4.78 is 16.2. The zero-order chi connectivity index (χ0) is 24.7. The molecule has 0 aliphatic carbocycles. The Morgan fingerprint density at radius 2 is 1.71 bits per heavy atom. The number of halogens is 1. The van der Waals surface area contributed by atoms with Crippen LogP contribution in [0.5, 0.6) is 0 Å². The van der Waals surface area contributed by atoms with Crippen LogP contribution in [0.3, 0.4) is 0 Å². The van der Waals surface area contributed by atoms with E-state index in [-0.39, 0.29) is 16.5 Å². The summed E-state index contributed by atoms with van der Waals surface area (Å²) in [7, 11) is 0. The van der Waals surface area contributed by atoms with Gasteiger partial charge in [-0.05, 0) is 61.5 Å². The van der Waals surface area contributed by atoms with Gasteiger partial charge in [0.15, 0.2) is 5.11 Å². The number of para-hydroxylation sites is 1. The summed E-state index contributed by atoms with van der Waals surface area (Å²) in [6, 6.07) is 19.9. The Kier molecular flexibility index (Phi) is 5.78. The molecule has 0 spiro atoms. The standard InChI is InChI=1S/C28H22FN3O2S/c1-17-8-7-13-24(18(17)2)32-27(34)22(26(33)30-28(32)35)14-20-16-31(25-12-6-4-10-21(20)25)15-19-9-3-5-11-23(19)29/h3-14,16H,15H2,1-2H3,(H,30,33,35)/b22-14+. The highest BCUT2D eigenvalue weighted by Crippen LogP contribution is 2.29. The van der Waals surface area contributed by atoms with Crippen molar-refractivity contribution in [1.29, 1.82) is 0 Å². The number of thiocarbonyl (C=S) groups is 1. The minimum absolute atomic E-state index is 0.0201. The lowest BCUT2D eigenvalue weighted by Crippen LogP contribution is -2.54. The first kappa shape index (κ1) is 22.7. The number of hydrogen-bond acceptors (Lipinski definition) is 3. The van der Waals surface area contributed by atoms with Crippen LogP contribution in [-0.4, -0.2) is 21.5 Å². The third-order valence-corrected chi connectivity index (χ3v) is 6.62. The van der Waals surface area contributed by atoms with Crippen LogP contribution in [0.1, 0.15) is 22.3 Å². The molecule has 5 rings (SSSR count). The van der Waals surface area contributed by atoms with Crippen LogP contribution in [-0.2, 0) is 16.1 Å². The van der Waals surface area contributed by atoms with Crippen molar-refractivity contribution in [2.45, 2.75) is 20.4 Å². The summed E-state index contributed by atoms with van der Waals surface area (Å²) in [6.07, 6.45) is 3.41. The zero-order valence-corrected chi connectivity index (χ0v) is 20.0. The lowest BCUT2D eigenvalue weighted by molar-refractivity contribution is -0.122. The molecule has 174 valence electrons. The molecule has 1 aromatic heterocycles. The molecule has 0 unspecified atom stereocenters. The summed E-state index contributed by atoms with van der Waals surface area (Å²) in [6.45, 7) is 4.18. The van der Waals surface area contributed by atoms with E-state index in [0.29, 0.717) is 23.4 Å². The van der Waals surface area contributed by atoms with E-state index < -0.39 is 11.8 Å². The van der Waals surface area contributed by atoms with Gasteiger partial charge in [-0.3, -0.25) is 19.8 Å². The van der Waals surface area contributed by atoms with Crippen LogP contribution in [0, 0.1) is 19.7 Å². The van der Waals surface area contributed by atoms with Crippen molar-refractivity contribution in [3.63, 3.8) is 0 Å². The molecule has 1 saturated heterocycles. The van der Waals surface area contributed by atoms with E-state index >= 15 is 0 Å². The monoisotopic (exact) mass is 483 g/mol. The van der Waals surface area contributed by atoms with Gasteiger partial charge in [0.1, 0.15) is 11.4 Å². The first-order chi connectivity index (χ1) is 16.8. The molecule has 7 heteroatoms. The number of anilines is 1. The highest BCUT2D eigenvalue weighted by Gasteiger charge is 2.35. The maximum absolute atomic E-state index is 14.3. The minimum atomic E-state index is -0.549. The quantitative estimate of drug-likeness (QED) is 0.244. The fourth-order valence-electron chi connectivity index (χ4n) is 4.34. The largest absolute Gasteiger partial charge is 0.342 e. The van der Waals surface area contributed by atoms with E-state index in [9.17, 15) is 14.0 Å². The van der Waals surface area contributed by atoms with Gasteiger partial charge < -0.3 is 4.57 Å². The van der Waals surface area contributed by atoms with Gasteiger partial charge in [0.05, 0.1) is 12.2 Å². The molecule has 1 aliphatic heterocycles. The molecule has 1 N–H and O–H groups in total. The first-order valence-electron chi connectivity index (χ1n) is 11.1. The molecule has 0 atom stereocenters. The Bertz CT molecular complexity index is 1550. The molecule has 4 aromatic rings. The van der Waals surface area contributed by atoms with Crippen LogP contribution in [0.15, 0.2) is 78.5 Å². The molecule has 2 amide bonds. The predicted octanol–water partition coefficient (Wildman–Crippen LogP) is 5.28. The Morgan fingerprint density at radius 3 is 2.51 bits per heavy atom. The van der Waals surface area contributed by atoms with E-state index in [0.717, 1.165) is 22.0 Å². The fraction of sp³-hybridized carbons (Fsp3) is 0.107. The number of benzene rings is 3. The number of carbonyl (C=O) groups excluding carboxylic acids is 2. The number of rotatable bonds is 4. The number of fused-ring (bicyclic) bond motifs is 1. The van der Waals surface area contributed by atoms with Crippen LogP contribution in [0.4, 0.5) is 10.1 Å². The number of hydrogen-bond donors (Lipinski definition) is 1. The topological polar surface area (TPSA) is 54.3 Å². The normalized spacial score (nSPS) is 15.2. The third-order valence-electron chi connectivity index (χ3n) is 6.34. The van der Waals surface area contributed by atoms with Gasteiger partial charge in [0.25, 0.3) is 11.8 Å². The second-order valence-corrected chi connectivity index (χ2v) is 8.88. The fourth-order valence-corrected chi connectivity index (χ4v) is 4.61. The molecule has 0 bridgehead atoms. The van der Waals surface area contributed by atoms with E-state index in [1.807, 2.05) is 67.1 Å². The van der Waals surface area contributed by atoms with Gasteiger partial charge in [-0.1, -0.05) is 48.5 Å². The smallest absolute Gasteiger partial charge is 0.270 e. The molecule has 1 fully saturated rings. The third kappa shape index (κ3) is 4.04. The number of amides is 2. The summed E-state index contributed by atoms with van der Waals surface area (Å²) >= 11 is 5.36. The molecular weight excluding hydrogens is 461 g/mol. The molecule has 1 aliphatic rings. The number of carbonyl (C=O) groups is 2. The van der Waals surface area contributed by atoms with E-state index in [1.165, 1.54) is 11.0 Å². The van der Waals surface area contributed by atoms with Crippen molar-refractivity contribution in [3.8, 4) is 0 Å². The van der Waals surface area contributed by atoms with Gasteiger partial charge in [-0.25, -0.2) is 4.39 Å². The Hall–Kier alpha value is -4.10. The number of nitrogens with zero attached hydrogens (tertiary/aromatic N) is 2. The Labute approximate surface area is 207 Å². The average Bonchev–Trinajstić information content (AvgIpc) is 3.18. The van der Waals surface area contributed by atoms with Crippen molar-refractivity contribution in [3.05, 3.63) is 107 Å². The summed E-state index contributed by atoms with van der Waals surface area (Å²) in [4.78, 5) is 27.8. The Morgan fingerprint density at radius 1 is 0.971 bits per heavy atom. The van der Waals surface area contributed by atoms with Crippen molar-refractivity contribution in [1.82, 2.24) is 9.88 Å². The highest BCUT2D eigenvalue weighted by molar-refractivity contribution is 7.80. The van der Waals surface area contributed by atoms with Gasteiger partial charge in [0.2, 0.25) is 0 Å². The zero-order valence-electron chi connectivity index (χ0n) is 19.2. The summed E-state index contributed by atoms with van der Waals surface area (Å²) in [5.74, 6) is -1.32. The average molecular weight is 484 g/mol. The maximum Gasteiger partial charge on any atom is 0.270 e. The SMILES string of the molecule is Cc1cccc(N2C(=O)/C(=C/c3cn(Cc4ccccc4F)c4ccccc34)C(=O)NC2=S)c1C. The van der Waals surface area contributed by atoms with E-state index in [4.69, 9.17) is 12.2 Å². The second kappa shape index (κ2) is 8.92. The summed E-state index contributed by atoms with van der Waals surface area (Å²) in [5, 5.41) is 3.55. The van der Waals surface area contributed by atoms with Crippen LogP contribution < -0.4 is 10.2 Å². The molecule has 3 aromatic carbocycles. The van der Waals surface area contributed by atoms with Gasteiger partial charge in [-0.2, -0.15) is 0 Å². The molecule has 0 radical (unpaired) electrons. The number of nitrogens with one attached hydrogen (secondary N) is 1.